The first-order valence-electron chi connectivity index (χ1n) is 7.54. The molecule has 0 atom stereocenters. The Hall–Kier alpha value is -2.37. The molecule has 116 valence electrons. The Labute approximate surface area is 129 Å². The maximum Gasteiger partial charge on any atom is 0.359 e. The molecule has 2 heterocycles. The van der Waals surface area contributed by atoms with E-state index in [2.05, 4.69) is 15.4 Å². The van der Waals surface area contributed by atoms with Crippen molar-refractivity contribution in [2.24, 2.45) is 7.05 Å². The van der Waals surface area contributed by atoms with Gasteiger partial charge in [-0.3, -0.25) is 4.68 Å². The Morgan fingerprint density at radius 1 is 1.45 bits per heavy atom. The SMILES string of the molecule is CCOC(=O)c1nc(C)ccc1Nc1cc(C2CC2)nn1C. The van der Waals surface area contributed by atoms with Gasteiger partial charge in [0.15, 0.2) is 5.69 Å². The molecule has 2 aromatic rings. The summed E-state index contributed by atoms with van der Waals surface area (Å²) in [5.41, 5.74) is 2.81. The molecule has 0 radical (unpaired) electrons. The number of hydrogen-bond donors (Lipinski definition) is 1. The summed E-state index contributed by atoms with van der Waals surface area (Å²) in [4.78, 5) is 16.4. The van der Waals surface area contributed by atoms with Crippen molar-refractivity contribution >= 4 is 17.5 Å². The highest BCUT2D eigenvalue weighted by Gasteiger charge is 2.27. The Morgan fingerprint density at radius 2 is 2.23 bits per heavy atom. The number of nitrogens with one attached hydrogen (secondary N) is 1. The van der Waals surface area contributed by atoms with Crippen LogP contribution in [-0.4, -0.2) is 27.3 Å². The van der Waals surface area contributed by atoms with E-state index in [-0.39, 0.29) is 0 Å². The normalized spacial score (nSPS) is 14.0. The molecule has 0 saturated heterocycles. The van der Waals surface area contributed by atoms with E-state index < -0.39 is 5.97 Å². The largest absolute Gasteiger partial charge is 0.461 e. The number of aromatic nitrogens is 3. The van der Waals surface area contributed by atoms with Gasteiger partial charge in [-0.05, 0) is 38.8 Å². The zero-order valence-corrected chi connectivity index (χ0v) is 13.1. The minimum Gasteiger partial charge on any atom is -0.461 e. The van der Waals surface area contributed by atoms with E-state index in [1.807, 2.05) is 32.2 Å². The lowest BCUT2D eigenvalue weighted by atomic mass is 10.2. The minimum absolute atomic E-state index is 0.302. The molecule has 1 aliphatic rings. The standard InChI is InChI=1S/C16H20N4O2/c1-4-22-16(21)15-12(8-5-10(2)17-15)18-14-9-13(11-6-7-11)19-20(14)3/h5,8-9,11,18H,4,6-7H2,1-3H3. The fourth-order valence-corrected chi connectivity index (χ4v) is 2.34. The van der Waals surface area contributed by atoms with Crippen LogP contribution in [0.25, 0.3) is 0 Å². The van der Waals surface area contributed by atoms with Crippen LogP contribution in [0.2, 0.25) is 0 Å². The smallest absolute Gasteiger partial charge is 0.359 e. The lowest BCUT2D eigenvalue weighted by Crippen LogP contribution is -2.12. The number of hydrogen-bond acceptors (Lipinski definition) is 5. The van der Waals surface area contributed by atoms with E-state index in [0.29, 0.717) is 23.9 Å². The summed E-state index contributed by atoms with van der Waals surface area (Å²) < 4.78 is 6.88. The van der Waals surface area contributed by atoms with Gasteiger partial charge in [-0.1, -0.05) is 0 Å². The van der Waals surface area contributed by atoms with Gasteiger partial charge < -0.3 is 10.1 Å². The van der Waals surface area contributed by atoms with Gasteiger partial charge in [0.2, 0.25) is 0 Å². The van der Waals surface area contributed by atoms with Crippen molar-refractivity contribution in [2.75, 3.05) is 11.9 Å². The summed E-state index contributed by atoms with van der Waals surface area (Å²) in [6, 6.07) is 5.74. The first kappa shape index (κ1) is 14.6. The van der Waals surface area contributed by atoms with Gasteiger partial charge in [0.05, 0.1) is 18.0 Å². The monoisotopic (exact) mass is 300 g/mol. The van der Waals surface area contributed by atoms with Gasteiger partial charge in [0.1, 0.15) is 5.82 Å². The number of rotatable bonds is 5. The molecule has 6 heteroatoms. The highest BCUT2D eigenvalue weighted by molar-refractivity contribution is 5.94. The second-order valence-electron chi connectivity index (χ2n) is 5.55. The minimum atomic E-state index is -0.418. The lowest BCUT2D eigenvalue weighted by molar-refractivity contribution is 0.0520. The fraction of sp³-hybridized carbons (Fsp3) is 0.438. The summed E-state index contributed by atoms with van der Waals surface area (Å²) in [7, 11) is 1.89. The Balaban J connectivity index is 1.89. The number of anilines is 2. The van der Waals surface area contributed by atoms with Gasteiger partial charge in [-0.15, -0.1) is 0 Å². The van der Waals surface area contributed by atoms with Crippen molar-refractivity contribution in [3.63, 3.8) is 0 Å². The van der Waals surface area contributed by atoms with Crippen LogP contribution in [0.5, 0.6) is 0 Å². The predicted octanol–water partition coefficient (Wildman–Crippen LogP) is 2.92. The molecule has 1 N–H and O–H groups in total. The molecule has 0 amide bonds. The van der Waals surface area contributed by atoms with Crippen LogP contribution >= 0.6 is 0 Å². The van der Waals surface area contributed by atoms with Gasteiger partial charge in [-0.2, -0.15) is 5.10 Å². The predicted molar refractivity (Wildman–Crippen MR) is 83.4 cm³/mol. The molecule has 22 heavy (non-hydrogen) atoms. The molecule has 6 nitrogen and oxygen atoms in total. The van der Waals surface area contributed by atoms with Crippen LogP contribution in [0.4, 0.5) is 11.5 Å². The van der Waals surface area contributed by atoms with Crippen molar-refractivity contribution in [1.29, 1.82) is 0 Å². The van der Waals surface area contributed by atoms with Gasteiger partial charge in [-0.25, -0.2) is 9.78 Å². The van der Waals surface area contributed by atoms with E-state index in [9.17, 15) is 4.79 Å². The topological polar surface area (TPSA) is 69.0 Å². The molecule has 1 saturated carbocycles. The zero-order valence-electron chi connectivity index (χ0n) is 13.1. The highest BCUT2D eigenvalue weighted by Crippen LogP contribution is 2.40. The Morgan fingerprint density at radius 3 is 2.91 bits per heavy atom. The quantitative estimate of drug-likeness (QED) is 0.860. The van der Waals surface area contributed by atoms with Crippen LogP contribution < -0.4 is 5.32 Å². The van der Waals surface area contributed by atoms with Gasteiger partial charge in [0.25, 0.3) is 0 Å². The average molecular weight is 300 g/mol. The van der Waals surface area contributed by atoms with Crippen LogP contribution in [0.3, 0.4) is 0 Å². The number of ether oxygens (including phenoxy) is 1. The molecule has 1 aliphatic carbocycles. The van der Waals surface area contributed by atoms with Crippen molar-refractivity contribution in [2.45, 2.75) is 32.6 Å². The molecule has 2 aromatic heterocycles. The molecular weight excluding hydrogens is 280 g/mol. The van der Waals surface area contributed by atoms with E-state index in [1.165, 1.54) is 12.8 Å². The third-order valence-corrected chi connectivity index (χ3v) is 3.66. The molecule has 3 rings (SSSR count). The van der Waals surface area contributed by atoms with Crippen LogP contribution in [0.1, 0.15) is 47.6 Å². The van der Waals surface area contributed by atoms with Crippen LogP contribution in [0, 0.1) is 6.92 Å². The maximum atomic E-state index is 12.1. The van der Waals surface area contributed by atoms with E-state index in [1.54, 1.807) is 11.6 Å². The summed E-state index contributed by atoms with van der Waals surface area (Å²) in [5.74, 6) is 1.01. The van der Waals surface area contributed by atoms with Gasteiger partial charge >= 0.3 is 5.97 Å². The van der Waals surface area contributed by atoms with E-state index >= 15 is 0 Å². The lowest BCUT2D eigenvalue weighted by Gasteiger charge is -2.11. The van der Waals surface area contributed by atoms with Crippen molar-refractivity contribution in [3.05, 3.63) is 35.3 Å². The molecule has 1 fully saturated rings. The molecule has 0 bridgehead atoms. The fourth-order valence-electron chi connectivity index (χ4n) is 2.34. The third kappa shape index (κ3) is 2.95. The molecule has 0 spiro atoms. The average Bonchev–Trinajstić information content (AvgIpc) is 3.27. The number of carbonyl (C=O) groups excluding carboxylic acids is 1. The molecule has 0 aliphatic heterocycles. The summed E-state index contributed by atoms with van der Waals surface area (Å²) in [5, 5.41) is 7.76. The third-order valence-electron chi connectivity index (χ3n) is 3.66. The van der Waals surface area contributed by atoms with Crippen molar-refractivity contribution < 1.29 is 9.53 Å². The second-order valence-corrected chi connectivity index (χ2v) is 5.55. The zero-order chi connectivity index (χ0) is 15.7. The first-order chi connectivity index (χ1) is 10.6. The number of pyridine rings is 1. The van der Waals surface area contributed by atoms with E-state index in [0.717, 1.165) is 17.2 Å². The highest BCUT2D eigenvalue weighted by atomic mass is 16.5. The number of nitrogens with zero attached hydrogens (tertiary/aromatic N) is 3. The number of aryl methyl sites for hydroxylation is 2. The van der Waals surface area contributed by atoms with Crippen molar-refractivity contribution in [1.82, 2.24) is 14.8 Å². The first-order valence-corrected chi connectivity index (χ1v) is 7.54. The second kappa shape index (κ2) is 5.79. The summed E-state index contributed by atoms with van der Waals surface area (Å²) >= 11 is 0. The molecular formula is C16H20N4O2. The summed E-state index contributed by atoms with van der Waals surface area (Å²) in [6.45, 7) is 3.96. The maximum absolute atomic E-state index is 12.1. The Bertz CT molecular complexity index is 704. The molecule has 0 aromatic carbocycles. The number of esters is 1. The molecule has 0 unspecified atom stereocenters. The van der Waals surface area contributed by atoms with Crippen molar-refractivity contribution in [3.8, 4) is 0 Å². The summed E-state index contributed by atoms with van der Waals surface area (Å²) in [6.07, 6.45) is 2.41. The number of carbonyl (C=O) groups is 1. The Kier molecular flexibility index (Phi) is 3.83. The van der Waals surface area contributed by atoms with Gasteiger partial charge in [0, 0.05) is 24.7 Å². The van der Waals surface area contributed by atoms with Crippen LogP contribution in [0.15, 0.2) is 18.2 Å². The van der Waals surface area contributed by atoms with Crippen LogP contribution in [-0.2, 0) is 11.8 Å². The van der Waals surface area contributed by atoms with E-state index in [4.69, 9.17) is 4.74 Å².